The first-order valence-electron chi connectivity index (χ1n) is 5.85. The van der Waals surface area contributed by atoms with Crippen molar-refractivity contribution < 1.29 is 13.5 Å². The van der Waals surface area contributed by atoms with Crippen LogP contribution in [-0.2, 0) is 9.84 Å². The predicted octanol–water partition coefficient (Wildman–Crippen LogP) is 1.75. The molecule has 1 rings (SSSR count). The molecule has 1 saturated carbocycles. The van der Waals surface area contributed by atoms with Gasteiger partial charge in [-0.15, -0.1) is 0 Å². The van der Waals surface area contributed by atoms with Gasteiger partial charge in [0.25, 0.3) is 0 Å². The summed E-state index contributed by atoms with van der Waals surface area (Å²) < 4.78 is 22.0. The second-order valence-electron chi connectivity index (χ2n) is 4.74. The third kappa shape index (κ3) is 5.52. The molecular weight excluding hydrogens is 212 g/mol. The first kappa shape index (κ1) is 13.0. The van der Waals surface area contributed by atoms with E-state index in [1.807, 2.05) is 0 Å². The maximum atomic E-state index is 11.0. The Bertz CT molecular complexity index is 264. The van der Waals surface area contributed by atoms with E-state index < -0.39 is 15.9 Å². The van der Waals surface area contributed by atoms with Crippen molar-refractivity contribution in [3.63, 3.8) is 0 Å². The summed E-state index contributed by atoms with van der Waals surface area (Å²) in [4.78, 5) is 0. The fourth-order valence-electron chi connectivity index (χ4n) is 2.27. The summed E-state index contributed by atoms with van der Waals surface area (Å²) in [7, 11) is -2.93. The Labute approximate surface area is 92.8 Å². The van der Waals surface area contributed by atoms with Gasteiger partial charge in [0.1, 0.15) is 9.84 Å². The normalized spacial score (nSPS) is 22.3. The standard InChI is InChI=1S/C11H22O3S/c1-15(13,14)9-8-11(12)10-6-4-2-3-5-7-10/h10-12H,2-9H2,1H3. The van der Waals surface area contributed by atoms with Crippen molar-refractivity contribution in [1.29, 1.82) is 0 Å². The third-order valence-electron chi connectivity index (χ3n) is 3.23. The minimum Gasteiger partial charge on any atom is -0.393 e. The van der Waals surface area contributed by atoms with Crippen LogP contribution in [0.2, 0.25) is 0 Å². The van der Waals surface area contributed by atoms with Crippen LogP contribution in [-0.4, -0.2) is 31.6 Å². The highest BCUT2D eigenvalue weighted by atomic mass is 32.2. The molecule has 0 aromatic rings. The SMILES string of the molecule is CS(=O)(=O)CCC(O)C1CCCCCC1. The van der Waals surface area contributed by atoms with E-state index in [0.717, 1.165) is 12.8 Å². The molecule has 0 aromatic heterocycles. The Morgan fingerprint density at radius 1 is 1.20 bits per heavy atom. The number of aliphatic hydroxyl groups excluding tert-OH is 1. The average Bonchev–Trinajstić information content (AvgIpc) is 2.41. The maximum absolute atomic E-state index is 11.0. The lowest BCUT2D eigenvalue weighted by Gasteiger charge is -2.20. The Balaban J connectivity index is 2.34. The highest BCUT2D eigenvalue weighted by Crippen LogP contribution is 2.26. The van der Waals surface area contributed by atoms with E-state index >= 15 is 0 Å². The van der Waals surface area contributed by atoms with Gasteiger partial charge in [0.2, 0.25) is 0 Å². The van der Waals surface area contributed by atoms with E-state index in [1.54, 1.807) is 0 Å². The topological polar surface area (TPSA) is 54.4 Å². The summed E-state index contributed by atoms with van der Waals surface area (Å²) in [5.41, 5.74) is 0. The lowest BCUT2D eigenvalue weighted by atomic mass is 9.92. The van der Waals surface area contributed by atoms with Gasteiger partial charge in [-0.25, -0.2) is 8.42 Å². The Morgan fingerprint density at radius 3 is 2.20 bits per heavy atom. The van der Waals surface area contributed by atoms with Crippen LogP contribution in [0.15, 0.2) is 0 Å². The Morgan fingerprint density at radius 2 is 1.73 bits per heavy atom. The molecule has 15 heavy (non-hydrogen) atoms. The summed E-state index contributed by atoms with van der Waals surface area (Å²) in [5.74, 6) is 0.444. The Kier molecular flexibility index (Phi) is 5.06. The molecule has 3 nitrogen and oxygen atoms in total. The molecule has 1 aliphatic carbocycles. The summed E-state index contributed by atoms with van der Waals surface area (Å²) in [6, 6.07) is 0. The van der Waals surface area contributed by atoms with Crippen molar-refractivity contribution in [2.45, 2.75) is 51.0 Å². The fraction of sp³-hybridized carbons (Fsp3) is 1.00. The molecule has 1 atom stereocenters. The highest BCUT2D eigenvalue weighted by molar-refractivity contribution is 7.90. The third-order valence-corrected chi connectivity index (χ3v) is 4.21. The van der Waals surface area contributed by atoms with E-state index in [0.29, 0.717) is 12.3 Å². The molecule has 0 spiro atoms. The number of hydrogen-bond donors (Lipinski definition) is 1. The lowest BCUT2D eigenvalue weighted by molar-refractivity contribution is 0.0954. The van der Waals surface area contributed by atoms with Gasteiger partial charge in [-0.2, -0.15) is 0 Å². The van der Waals surface area contributed by atoms with Crippen molar-refractivity contribution >= 4 is 9.84 Å². The van der Waals surface area contributed by atoms with Gasteiger partial charge in [-0.05, 0) is 25.2 Å². The van der Waals surface area contributed by atoms with Crippen LogP contribution >= 0.6 is 0 Å². The van der Waals surface area contributed by atoms with E-state index in [9.17, 15) is 13.5 Å². The lowest BCUT2D eigenvalue weighted by Crippen LogP contribution is -2.23. The molecule has 0 saturated heterocycles. The van der Waals surface area contributed by atoms with Gasteiger partial charge in [-0.3, -0.25) is 0 Å². The molecule has 0 aromatic carbocycles. The number of aliphatic hydroxyl groups is 1. The van der Waals surface area contributed by atoms with Crippen LogP contribution in [0.3, 0.4) is 0 Å². The molecule has 1 unspecified atom stereocenters. The first-order chi connectivity index (χ1) is 6.99. The summed E-state index contributed by atoms with van der Waals surface area (Å²) in [6.07, 6.45) is 8.22. The second kappa shape index (κ2) is 5.85. The van der Waals surface area contributed by atoms with Crippen LogP contribution in [0.4, 0.5) is 0 Å². The molecule has 0 amide bonds. The molecule has 0 aliphatic heterocycles. The van der Waals surface area contributed by atoms with Gasteiger partial charge in [-0.1, -0.05) is 25.7 Å². The zero-order valence-electron chi connectivity index (χ0n) is 9.48. The number of rotatable bonds is 4. The predicted molar refractivity (Wildman–Crippen MR) is 61.5 cm³/mol. The summed E-state index contributed by atoms with van der Waals surface area (Å²) in [5, 5.41) is 9.90. The molecule has 1 N–H and O–H groups in total. The van der Waals surface area contributed by atoms with Gasteiger partial charge in [0, 0.05) is 6.26 Å². The van der Waals surface area contributed by atoms with Crippen molar-refractivity contribution in [2.75, 3.05) is 12.0 Å². The van der Waals surface area contributed by atoms with E-state index in [2.05, 4.69) is 0 Å². The second-order valence-corrected chi connectivity index (χ2v) is 7.00. The minimum atomic E-state index is -2.93. The first-order valence-corrected chi connectivity index (χ1v) is 7.91. The van der Waals surface area contributed by atoms with E-state index in [4.69, 9.17) is 0 Å². The van der Waals surface area contributed by atoms with Crippen molar-refractivity contribution in [3.05, 3.63) is 0 Å². The highest BCUT2D eigenvalue weighted by Gasteiger charge is 2.21. The molecular formula is C11H22O3S. The molecule has 0 radical (unpaired) electrons. The molecule has 4 heteroatoms. The summed E-state index contributed by atoms with van der Waals surface area (Å²) in [6.45, 7) is 0. The largest absolute Gasteiger partial charge is 0.393 e. The van der Waals surface area contributed by atoms with Crippen molar-refractivity contribution in [2.24, 2.45) is 5.92 Å². The van der Waals surface area contributed by atoms with Gasteiger partial charge in [0.05, 0.1) is 11.9 Å². The number of sulfone groups is 1. The van der Waals surface area contributed by atoms with Crippen LogP contribution < -0.4 is 0 Å². The zero-order valence-corrected chi connectivity index (χ0v) is 10.3. The molecule has 0 bridgehead atoms. The maximum Gasteiger partial charge on any atom is 0.147 e. The quantitative estimate of drug-likeness (QED) is 0.754. The van der Waals surface area contributed by atoms with Crippen LogP contribution in [0, 0.1) is 5.92 Å². The number of hydrogen-bond acceptors (Lipinski definition) is 3. The Hall–Kier alpha value is -0.0900. The smallest absolute Gasteiger partial charge is 0.147 e. The van der Waals surface area contributed by atoms with Gasteiger partial charge in [0.15, 0.2) is 0 Å². The van der Waals surface area contributed by atoms with Gasteiger partial charge < -0.3 is 5.11 Å². The molecule has 1 fully saturated rings. The van der Waals surface area contributed by atoms with Crippen molar-refractivity contribution in [1.82, 2.24) is 0 Å². The van der Waals surface area contributed by atoms with Crippen LogP contribution in [0.25, 0.3) is 0 Å². The average molecular weight is 234 g/mol. The van der Waals surface area contributed by atoms with E-state index in [-0.39, 0.29) is 5.75 Å². The van der Waals surface area contributed by atoms with Gasteiger partial charge >= 0.3 is 0 Å². The van der Waals surface area contributed by atoms with E-state index in [1.165, 1.54) is 31.9 Å². The fourth-order valence-corrected chi connectivity index (χ4v) is 2.94. The molecule has 0 heterocycles. The van der Waals surface area contributed by atoms with Crippen LogP contribution in [0.1, 0.15) is 44.9 Å². The molecule has 1 aliphatic rings. The van der Waals surface area contributed by atoms with Crippen molar-refractivity contribution in [3.8, 4) is 0 Å². The van der Waals surface area contributed by atoms with Crippen LogP contribution in [0.5, 0.6) is 0 Å². The monoisotopic (exact) mass is 234 g/mol. The zero-order chi connectivity index (χ0) is 11.3. The molecule has 90 valence electrons. The summed E-state index contributed by atoms with van der Waals surface area (Å²) >= 11 is 0. The minimum absolute atomic E-state index is 0.116.